The van der Waals surface area contributed by atoms with Crippen LogP contribution < -0.4 is 5.56 Å². The zero-order chi connectivity index (χ0) is 19.1. The summed E-state index contributed by atoms with van der Waals surface area (Å²) in [6.45, 7) is 1.62. The van der Waals surface area contributed by atoms with Crippen molar-refractivity contribution in [1.29, 1.82) is 0 Å². The molecule has 0 atom stereocenters. The first-order chi connectivity index (χ1) is 13.0. The van der Waals surface area contributed by atoms with E-state index in [9.17, 15) is 14.0 Å². The molecule has 4 rings (SSSR count). The van der Waals surface area contributed by atoms with E-state index in [0.717, 1.165) is 5.69 Å². The number of hydrogen-bond donors (Lipinski definition) is 0. The molecule has 0 saturated carbocycles. The van der Waals surface area contributed by atoms with Crippen LogP contribution >= 0.6 is 27.3 Å². The van der Waals surface area contributed by atoms with E-state index in [1.54, 1.807) is 23.6 Å². The fraction of sp³-hybridized carbons (Fsp3) is 0.0476. The maximum Gasteiger partial charge on any atom is 0.256 e. The maximum absolute atomic E-state index is 13.6. The van der Waals surface area contributed by atoms with Crippen LogP contribution in [0.4, 0.5) is 4.39 Å². The van der Waals surface area contributed by atoms with Gasteiger partial charge in [0.25, 0.3) is 5.56 Å². The van der Waals surface area contributed by atoms with Gasteiger partial charge in [0.1, 0.15) is 10.6 Å². The Bertz CT molecular complexity index is 1240. The molecule has 27 heavy (non-hydrogen) atoms. The number of halogens is 2. The number of nitrogens with zero attached hydrogens (tertiary/aromatic N) is 1. The molecule has 0 unspecified atom stereocenters. The van der Waals surface area contributed by atoms with Crippen LogP contribution in [0.3, 0.4) is 0 Å². The van der Waals surface area contributed by atoms with Gasteiger partial charge in [-0.15, -0.1) is 11.3 Å². The molecule has 2 heterocycles. The van der Waals surface area contributed by atoms with Gasteiger partial charge in [0.15, 0.2) is 5.78 Å². The lowest BCUT2D eigenvalue weighted by atomic mass is 10.0. The van der Waals surface area contributed by atoms with Gasteiger partial charge in [-0.05, 0) is 64.8 Å². The molecule has 4 aromatic rings. The molecule has 0 bridgehead atoms. The Morgan fingerprint density at radius 1 is 1.07 bits per heavy atom. The van der Waals surface area contributed by atoms with Crippen molar-refractivity contribution < 1.29 is 9.18 Å². The molecule has 0 aliphatic rings. The van der Waals surface area contributed by atoms with E-state index < -0.39 is 0 Å². The lowest BCUT2D eigenvalue weighted by Crippen LogP contribution is -2.16. The normalized spacial score (nSPS) is 11.1. The molecule has 2 aromatic carbocycles. The highest BCUT2D eigenvalue weighted by Crippen LogP contribution is 2.37. The third-order valence-electron chi connectivity index (χ3n) is 4.36. The van der Waals surface area contributed by atoms with Gasteiger partial charge < -0.3 is 0 Å². The number of aromatic nitrogens is 1. The Hall–Kier alpha value is -2.57. The van der Waals surface area contributed by atoms with Gasteiger partial charge in [0.05, 0.1) is 15.0 Å². The van der Waals surface area contributed by atoms with Crippen LogP contribution in [-0.2, 0) is 0 Å². The van der Waals surface area contributed by atoms with E-state index in [-0.39, 0.29) is 17.2 Å². The van der Waals surface area contributed by atoms with Crippen molar-refractivity contribution in [2.75, 3.05) is 0 Å². The van der Waals surface area contributed by atoms with Crippen molar-refractivity contribution in [1.82, 2.24) is 4.57 Å². The summed E-state index contributed by atoms with van der Waals surface area (Å²) < 4.78 is 15.8. The maximum atomic E-state index is 13.6. The molecule has 134 valence electrons. The van der Waals surface area contributed by atoms with E-state index in [2.05, 4.69) is 15.9 Å². The molecular formula is C21H13BrFNO2S. The topological polar surface area (TPSA) is 39.1 Å². The minimum absolute atomic E-state index is 0.168. The van der Waals surface area contributed by atoms with Gasteiger partial charge in [0, 0.05) is 17.0 Å². The number of benzene rings is 2. The summed E-state index contributed by atoms with van der Waals surface area (Å²) in [7, 11) is 0. The summed E-state index contributed by atoms with van der Waals surface area (Å²) >= 11 is 4.81. The Kier molecular flexibility index (Phi) is 4.53. The fourth-order valence-electron chi connectivity index (χ4n) is 3.02. The predicted octanol–water partition coefficient (Wildman–Crippen LogP) is 5.49. The van der Waals surface area contributed by atoms with E-state index in [4.69, 9.17) is 0 Å². The third-order valence-corrected chi connectivity index (χ3v) is 6.22. The molecule has 0 spiro atoms. The molecule has 0 aliphatic heterocycles. The van der Waals surface area contributed by atoms with Crippen molar-refractivity contribution in [3.8, 4) is 5.69 Å². The number of fused-ring (bicyclic) bond motifs is 1. The number of rotatable bonds is 3. The first-order valence-corrected chi connectivity index (χ1v) is 9.78. The molecule has 2 aromatic heterocycles. The molecule has 0 aliphatic carbocycles. The van der Waals surface area contributed by atoms with Crippen LogP contribution in [0.5, 0.6) is 0 Å². The molecular weight excluding hydrogens is 429 g/mol. The minimum Gasteiger partial charge on any atom is -0.289 e. The van der Waals surface area contributed by atoms with Gasteiger partial charge in [0.2, 0.25) is 0 Å². The number of para-hydroxylation sites is 1. The van der Waals surface area contributed by atoms with Crippen LogP contribution in [0, 0.1) is 12.7 Å². The van der Waals surface area contributed by atoms with Gasteiger partial charge in [-0.3, -0.25) is 14.2 Å². The monoisotopic (exact) mass is 441 g/mol. The fourth-order valence-corrected chi connectivity index (χ4v) is 4.91. The predicted molar refractivity (Wildman–Crippen MR) is 110 cm³/mol. The summed E-state index contributed by atoms with van der Waals surface area (Å²) in [5.74, 6) is -0.562. The average molecular weight is 442 g/mol. The zero-order valence-electron chi connectivity index (χ0n) is 14.2. The van der Waals surface area contributed by atoms with Crippen molar-refractivity contribution >= 4 is 43.3 Å². The number of pyridine rings is 1. The number of carbonyl (C=O) groups excluding carboxylic acids is 1. The molecule has 0 N–H and O–H groups in total. The molecule has 0 radical (unpaired) electrons. The number of hydrogen-bond acceptors (Lipinski definition) is 3. The highest BCUT2D eigenvalue weighted by Gasteiger charge is 2.22. The highest BCUT2D eigenvalue weighted by atomic mass is 79.9. The van der Waals surface area contributed by atoms with Gasteiger partial charge in [-0.25, -0.2) is 4.39 Å². The number of aryl methyl sites for hydroxylation is 1. The summed E-state index contributed by atoms with van der Waals surface area (Å²) in [6.07, 6.45) is 0. The standard InChI is InChI=1S/C21H13BrFNO2S/c1-12-11-13(7-9-16(12)23)19(26)18-15-8-10-17(25)24(21(15)27-20(18)22)14-5-3-2-4-6-14/h2-11H,1H3. The smallest absolute Gasteiger partial charge is 0.256 e. The Morgan fingerprint density at radius 2 is 1.81 bits per heavy atom. The van der Waals surface area contributed by atoms with Crippen LogP contribution in [0.1, 0.15) is 21.5 Å². The van der Waals surface area contributed by atoms with Crippen molar-refractivity contribution in [2.45, 2.75) is 6.92 Å². The number of carbonyl (C=O) groups is 1. The van der Waals surface area contributed by atoms with Crippen LogP contribution in [-0.4, -0.2) is 10.4 Å². The summed E-state index contributed by atoms with van der Waals surface area (Å²) in [5.41, 5.74) is 1.87. The van der Waals surface area contributed by atoms with Crippen molar-refractivity contribution in [3.63, 3.8) is 0 Å². The highest BCUT2D eigenvalue weighted by molar-refractivity contribution is 9.11. The number of thiophene rings is 1. The second kappa shape index (κ2) is 6.87. The van der Waals surface area contributed by atoms with Gasteiger partial charge in [-0.1, -0.05) is 18.2 Å². The Morgan fingerprint density at radius 3 is 2.52 bits per heavy atom. The largest absolute Gasteiger partial charge is 0.289 e. The molecule has 6 heteroatoms. The summed E-state index contributed by atoms with van der Waals surface area (Å²) in [6, 6.07) is 16.7. The minimum atomic E-state index is -0.348. The molecule has 0 fully saturated rings. The first-order valence-electron chi connectivity index (χ1n) is 8.17. The summed E-state index contributed by atoms with van der Waals surface area (Å²) in [4.78, 5) is 26.3. The zero-order valence-corrected chi connectivity index (χ0v) is 16.6. The van der Waals surface area contributed by atoms with E-state index in [0.29, 0.717) is 30.7 Å². The molecule has 0 saturated heterocycles. The van der Waals surface area contributed by atoms with Crippen LogP contribution in [0.2, 0.25) is 0 Å². The van der Waals surface area contributed by atoms with Gasteiger partial charge >= 0.3 is 0 Å². The van der Waals surface area contributed by atoms with E-state index >= 15 is 0 Å². The average Bonchev–Trinajstić information content (AvgIpc) is 2.99. The second-order valence-electron chi connectivity index (χ2n) is 6.11. The molecule has 3 nitrogen and oxygen atoms in total. The van der Waals surface area contributed by atoms with E-state index in [1.807, 2.05) is 30.3 Å². The summed E-state index contributed by atoms with van der Waals surface area (Å²) in [5, 5.41) is 0.683. The second-order valence-corrected chi connectivity index (χ2v) is 8.42. The SMILES string of the molecule is Cc1cc(C(=O)c2c(Br)sc3c2ccc(=O)n3-c2ccccc2)ccc1F. The van der Waals surface area contributed by atoms with E-state index in [1.165, 1.54) is 29.5 Å². The first kappa shape index (κ1) is 17.8. The quantitative estimate of drug-likeness (QED) is 0.394. The van der Waals surface area contributed by atoms with Crippen molar-refractivity contribution in [3.05, 3.63) is 97.3 Å². The lowest BCUT2D eigenvalue weighted by Gasteiger charge is -2.07. The Labute approximate surface area is 166 Å². The lowest BCUT2D eigenvalue weighted by molar-refractivity contribution is 0.104. The van der Waals surface area contributed by atoms with Crippen LogP contribution in [0.25, 0.3) is 15.9 Å². The molecule has 0 amide bonds. The van der Waals surface area contributed by atoms with Crippen molar-refractivity contribution in [2.24, 2.45) is 0 Å². The Balaban J connectivity index is 1.95. The number of ketones is 1. The van der Waals surface area contributed by atoms with Crippen LogP contribution in [0.15, 0.2) is 69.2 Å². The third kappa shape index (κ3) is 3.05. The van der Waals surface area contributed by atoms with Gasteiger partial charge in [-0.2, -0.15) is 0 Å².